The maximum atomic E-state index is 10.0. The highest BCUT2D eigenvalue weighted by Crippen LogP contribution is 2.11. The first-order valence-electron chi connectivity index (χ1n) is 14.5. The first-order chi connectivity index (χ1) is 18.0. The Balaban J connectivity index is -0.000000204. The number of hydrogen-bond donors (Lipinski definition) is 6. The minimum atomic E-state index is -0.708. The van der Waals surface area contributed by atoms with E-state index in [1.807, 2.05) is 0 Å². The molecule has 0 saturated carbocycles. The summed E-state index contributed by atoms with van der Waals surface area (Å²) in [6, 6.07) is 0. The zero-order valence-electron chi connectivity index (χ0n) is 24.8. The largest absolute Gasteiger partial charge is 0.481 e. The number of hydrogen-bond acceptors (Lipinski definition) is 6. The number of unbranched alkanes of at least 4 members (excludes halogenated alkanes) is 12. The molecule has 6 N–H and O–H groups in total. The number of carbonyl (C=O) groups is 3. The van der Waals surface area contributed by atoms with Gasteiger partial charge in [-0.2, -0.15) is 0 Å². The SMILES string of the molecule is CC(CO)(CO)CO.CCCCCCCC(=O)O.CCCCCCCC(=O)O.CCCCCCCC(=O)O. The van der Waals surface area contributed by atoms with E-state index in [2.05, 4.69) is 20.8 Å². The molecule has 0 atom stereocenters. The Morgan fingerprint density at radius 2 is 0.658 bits per heavy atom. The van der Waals surface area contributed by atoms with Gasteiger partial charge in [-0.3, -0.25) is 14.4 Å². The van der Waals surface area contributed by atoms with Crippen LogP contribution in [0.3, 0.4) is 0 Å². The Hall–Kier alpha value is -1.71. The molecule has 0 aliphatic carbocycles. The second-order valence-corrected chi connectivity index (χ2v) is 9.96. The van der Waals surface area contributed by atoms with Crippen molar-refractivity contribution in [2.75, 3.05) is 19.8 Å². The summed E-state index contributed by atoms with van der Waals surface area (Å²) in [6.45, 7) is 7.51. The first-order valence-corrected chi connectivity index (χ1v) is 14.5. The third-order valence-corrected chi connectivity index (χ3v) is 5.63. The van der Waals surface area contributed by atoms with Gasteiger partial charge in [-0.1, -0.05) is 105 Å². The predicted molar refractivity (Wildman–Crippen MR) is 152 cm³/mol. The molecule has 230 valence electrons. The molecule has 0 bridgehead atoms. The number of aliphatic carboxylic acids is 3. The maximum Gasteiger partial charge on any atom is 0.303 e. The van der Waals surface area contributed by atoms with Crippen molar-refractivity contribution in [3.05, 3.63) is 0 Å². The van der Waals surface area contributed by atoms with Crippen LogP contribution in [0.4, 0.5) is 0 Å². The van der Waals surface area contributed by atoms with Crippen LogP contribution in [-0.4, -0.2) is 68.4 Å². The van der Waals surface area contributed by atoms with Crippen molar-refractivity contribution in [3.63, 3.8) is 0 Å². The highest BCUT2D eigenvalue weighted by Gasteiger charge is 2.20. The molecule has 0 radical (unpaired) electrons. The highest BCUT2D eigenvalue weighted by atomic mass is 16.4. The zero-order chi connectivity index (χ0) is 30.1. The first kappa shape index (κ1) is 43.3. The molecular weight excluding hydrogens is 492 g/mol. The third kappa shape index (κ3) is 47.5. The fourth-order valence-corrected chi connectivity index (χ4v) is 2.79. The lowest BCUT2D eigenvalue weighted by atomic mass is 9.95. The summed E-state index contributed by atoms with van der Waals surface area (Å²) in [4.78, 5) is 30.1. The van der Waals surface area contributed by atoms with Crippen molar-refractivity contribution in [1.29, 1.82) is 0 Å². The number of aliphatic hydroxyl groups excluding tert-OH is 3. The van der Waals surface area contributed by atoms with Crippen LogP contribution in [0.5, 0.6) is 0 Å². The van der Waals surface area contributed by atoms with Crippen molar-refractivity contribution in [2.24, 2.45) is 5.41 Å². The minimum Gasteiger partial charge on any atom is -0.481 e. The molecule has 0 aromatic heterocycles. The van der Waals surface area contributed by atoms with Gasteiger partial charge in [0.25, 0.3) is 0 Å². The van der Waals surface area contributed by atoms with E-state index in [0.29, 0.717) is 19.3 Å². The fourth-order valence-electron chi connectivity index (χ4n) is 2.79. The summed E-state index contributed by atoms with van der Waals surface area (Å²) in [6.07, 6.45) is 17.7. The molecule has 0 fully saturated rings. The summed E-state index contributed by atoms with van der Waals surface area (Å²) >= 11 is 0. The normalized spacial score (nSPS) is 10.2. The van der Waals surface area contributed by atoms with E-state index < -0.39 is 23.3 Å². The molecule has 0 aromatic carbocycles. The standard InChI is InChI=1S/3C8H16O2.C5H12O3/c3*1-2-3-4-5-6-7-8(9)10;1-5(2-6,3-7)4-8/h3*2-7H2,1H3,(H,9,10);6-8H,2-4H2,1H3. The minimum absolute atomic E-state index is 0.181. The monoisotopic (exact) mass is 552 g/mol. The van der Waals surface area contributed by atoms with Crippen LogP contribution >= 0.6 is 0 Å². The fraction of sp³-hybridized carbons (Fsp3) is 0.897. The zero-order valence-corrected chi connectivity index (χ0v) is 24.8. The summed E-state index contributed by atoms with van der Waals surface area (Å²) < 4.78 is 0. The molecular formula is C29H60O9. The van der Waals surface area contributed by atoms with Gasteiger partial charge < -0.3 is 30.6 Å². The molecule has 0 unspecified atom stereocenters. The van der Waals surface area contributed by atoms with E-state index in [-0.39, 0.29) is 19.8 Å². The average Bonchev–Trinajstić information content (AvgIpc) is 2.88. The molecule has 9 heteroatoms. The third-order valence-electron chi connectivity index (χ3n) is 5.63. The molecule has 0 heterocycles. The van der Waals surface area contributed by atoms with Gasteiger partial charge in [-0.15, -0.1) is 0 Å². The number of aliphatic hydroxyl groups is 3. The van der Waals surface area contributed by atoms with Gasteiger partial charge in [0.05, 0.1) is 19.8 Å². The van der Waals surface area contributed by atoms with Gasteiger partial charge in [-0.05, 0) is 19.3 Å². The van der Waals surface area contributed by atoms with E-state index in [1.54, 1.807) is 6.92 Å². The Morgan fingerprint density at radius 3 is 0.789 bits per heavy atom. The predicted octanol–water partition coefficient (Wildman–Crippen LogP) is 6.26. The van der Waals surface area contributed by atoms with E-state index in [1.165, 1.54) is 57.8 Å². The average molecular weight is 553 g/mol. The van der Waals surface area contributed by atoms with Crippen LogP contribution in [0.1, 0.15) is 143 Å². The van der Waals surface area contributed by atoms with Gasteiger partial charge in [-0.25, -0.2) is 0 Å². The number of carboxylic acid groups (broad SMARTS) is 3. The number of rotatable bonds is 21. The van der Waals surface area contributed by atoms with Crippen molar-refractivity contribution in [2.45, 2.75) is 143 Å². The molecule has 0 rings (SSSR count). The topological polar surface area (TPSA) is 173 Å². The van der Waals surface area contributed by atoms with Gasteiger partial charge >= 0.3 is 17.9 Å². The maximum absolute atomic E-state index is 10.0. The van der Waals surface area contributed by atoms with Gasteiger partial charge in [0.2, 0.25) is 0 Å². The molecule has 38 heavy (non-hydrogen) atoms. The van der Waals surface area contributed by atoms with E-state index in [0.717, 1.165) is 38.5 Å². The number of carboxylic acids is 3. The molecule has 0 aliphatic rings. The smallest absolute Gasteiger partial charge is 0.303 e. The van der Waals surface area contributed by atoms with Gasteiger partial charge in [0.1, 0.15) is 0 Å². The van der Waals surface area contributed by atoms with Crippen molar-refractivity contribution in [3.8, 4) is 0 Å². The quantitative estimate of drug-likeness (QED) is 0.0898. The summed E-state index contributed by atoms with van der Waals surface area (Å²) in [5.41, 5.74) is -0.708. The van der Waals surface area contributed by atoms with E-state index in [9.17, 15) is 14.4 Å². The Kier molecular flexibility index (Phi) is 40.3. The second-order valence-electron chi connectivity index (χ2n) is 9.96. The van der Waals surface area contributed by atoms with E-state index in [4.69, 9.17) is 30.6 Å². The van der Waals surface area contributed by atoms with Crippen molar-refractivity contribution >= 4 is 17.9 Å². The van der Waals surface area contributed by atoms with Crippen molar-refractivity contribution in [1.82, 2.24) is 0 Å². The van der Waals surface area contributed by atoms with Crippen LogP contribution in [0.25, 0.3) is 0 Å². The van der Waals surface area contributed by atoms with Crippen LogP contribution in [0.15, 0.2) is 0 Å². The molecule has 9 nitrogen and oxygen atoms in total. The molecule has 0 spiro atoms. The van der Waals surface area contributed by atoms with E-state index >= 15 is 0 Å². The summed E-state index contributed by atoms with van der Waals surface area (Å²) in [5, 5.41) is 50.2. The van der Waals surface area contributed by atoms with Crippen LogP contribution < -0.4 is 0 Å². The van der Waals surface area contributed by atoms with Crippen LogP contribution in [-0.2, 0) is 14.4 Å². The summed E-state index contributed by atoms with van der Waals surface area (Å²) in [5.74, 6) is -2.01. The lowest BCUT2D eigenvalue weighted by molar-refractivity contribution is -0.138. The van der Waals surface area contributed by atoms with Gasteiger partial charge in [0.15, 0.2) is 0 Å². The molecule has 0 aromatic rings. The molecule has 0 aliphatic heterocycles. The highest BCUT2D eigenvalue weighted by molar-refractivity contribution is 5.67. The van der Waals surface area contributed by atoms with Gasteiger partial charge in [0, 0.05) is 24.7 Å². The van der Waals surface area contributed by atoms with Crippen molar-refractivity contribution < 1.29 is 45.0 Å². The Morgan fingerprint density at radius 1 is 0.447 bits per heavy atom. The second kappa shape index (κ2) is 35.3. The van der Waals surface area contributed by atoms with Crippen LogP contribution in [0, 0.1) is 5.41 Å². The molecule has 0 saturated heterocycles. The molecule has 0 amide bonds. The Bertz CT molecular complexity index is 441. The lowest BCUT2D eigenvalue weighted by Crippen LogP contribution is -2.29. The summed E-state index contributed by atoms with van der Waals surface area (Å²) in [7, 11) is 0. The Labute approximate surface area is 231 Å². The van der Waals surface area contributed by atoms with Crippen LogP contribution in [0.2, 0.25) is 0 Å². The lowest BCUT2D eigenvalue weighted by Gasteiger charge is -2.20.